The molecule has 0 bridgehead atoms. The molecule has 1 aliphatic rings. The number of hydrazone groups is 1. The molecule has 4 heteroatoms. The number of hydrogen-bond acceptors (Lipinski definition) is 3. The van der Waals surface area contributed by atoms with E-state index in [0.717, 1.165) is 11.4 Å². The van der Waals surface area contributed by atoms with Gasteiger partial charge in [0.25, 0.3) is 5.91 Å². The average Bonchev–Trinajstić information content (AvgIpc) is 2.59. The van der Waals surface area contributed by atoms with E-state index in [0.29, 0.717) is 6.42 Å². The number of amides is 1. The van der Waals surface area contributed by atoms with Crippen LogP contribution in [0, 0.1) is 5.92 Å². The second-order valence-electron chi connectivity index (χ2n) is 3.79. The van der Waals surface area contributed by atoms with Crippen LogP contribution in [0.5, 0.6) is 0 Å². The second-order valence-corrected chi connectivity index (χ2v) is 3.79. The zero-order valence-corrected chi connectivity index (χ0v) is 9.13. The third kappa shape index (κ3) is 1.84. The molecule has 1 aliphatic heterocycles. The molecule has 16 heavy (non-hydrogen) atoms. The molecule has 4 nitrogen and oxygen atoms in total. The SMILES string of the molecule is CC1=NN(c2ccccc2)C(=O)[C@H]1CCO. The van der Waals surface area contributed by atoms with Gasteiger partial charge in [0, 0.05) is 12.3 Å². The molecule has 0 aliphatic carbocycles. The molecule has 2 rings (SSSR count). The maximum atomic E-state index is 12.0. The summed E-state index contributed by atoms with van der Waals surface area (Å²) in [5.41, 5.74) is 1.54. The Labute approximate surface area is 94.2 Å². The number of para-hydroxylation sites is 1. The van der Waals surface area contributed by atoms with Gasteiger partial charge in [-0.05, 0) is 25.5 Å². The van der Waals surface area contributed by atoms with Crippen LogP contribution in [0.1, 0.15) is 13.3 Å². The summed E-state index contributed by atoms with van der Waals surface area (Å²) in [4.78, 5) is 12.0. The van der Waals surface area contributed by atoms with Crippen molar-refractivity contribution in [2.24, 2.45) is 11.0 Å². The summed E-state index contributed by atoms with van der Waals surface area (Å²) in [5, 5.41) is 14.5. The number of anilines is 1. The number of aliphatic hydroxyl groups excluding tert-OH is 1. The lowest BCUT2D eigenvalue weighted by Gasteiger charge is -2.13. The van der Waals surface area contributed by atoms with Gasteiger partial charge < -0.3 is 5.11 Å². The minimum Gasteiger partial charge on any atom is -0.396 e. The molecule has 1 amide bonds. The molecular formula is C12H14N2O2. The van der Waals surface area contributed by atoms with Gasteiger partial charge >= 0.3 is 0 Å². The van der Waals surface area contributed by atoms with Gasteiger partial charge in [-0.1, -0.05) is 18.2 Å². The highest BCUT2D eigenvalue weighted by molar-refractivity contribution is 6.14. The van der Waals surface area contributed by atoms with Gasteiger partial charge in [0.05, 0.1) is 11.6 Å². The fraction of sp³-hybridized carbons (Fsp3) is 0.333. The number of carbonyl (C=O) groups is 1. The van der Waals surface area contributed by atoms with Crippen LogP contribution < -0.4 is 5.01 Å². The number of nitrogens with zero attached hydrogens (tertiary/aromatic N) is 2. The van der Waals surface area contributed by atoms with Crippen molar-refractivity contribution in [1.82, 2.24) is 0 Å². The van der Waals surface area contributed by atoms with E-state index in [4.69, 9.17) is 5.11 Å². The third-order valence-electron chi connectivity index (χ3n) is 2.69. The summed E-state index contributed by atoms with van der Waals surface area (Å²) in [6.07, 6.45) is 0.442. The van der Waals surface area contributed by atoms with Gasteiger partial charge in [-0.15, -0.1) is 0 Å². The molecule has 1 heterocycles. The Morgan fingerprint density at radius 2 is 2.06 bits per heavy atom. The van der Waals surface area contributed by atoms with Crippen molar-refractivity contribution in [3.8, 4) is 0 Å². The van der Waals surface area contributed by atoms with Crippen LogP contribution in [0.3, 0.4) is 0 Å². The molecule has 1 aromatic rings. The molecule has 0 radical (unpaired) electrons. The predicted octanol–water partition coefficient (Wildman–Crippen LogP) is 1.41. The summed E-state index contributed by atoms with van der Waals surface area (Å²) in [6, 6.07) is 9.32. The molecule has 0 unspecified atom stereocenters. The van der Waals surface area contributed by atoms with E-state index in [2.05, 4.69) is 5.10 Å². The Morgan fingerprint density at radius 1 is 1.38 bits per heavy atom. The molecule has 0 aromatic heterocycles. The Balaban J connectivity index is 2.24. The van der Waals surface area contributed by atoms with Gasteiger partial charge in [-0.2, -0.15) is 5.10 Å². The van der Waals surface area contributed by atoms with Gasteiger partial charge in [0.2, 0.25) is 0 Å². The molecule has 1 aromatic carbocycles. The van der Waals surface area contributed by atoms with Crippen LogP contribution in [0.4, 0.5) is 5.69 Å². The van der Waals surface area contributed by atoms with E-state index >= 15 is 0 Å². The summed E-state index contributed by atoms with van der Waals surface area (Å²) >= 11 is 0. The Hall–Kier alpha value is -1.68. The van der Waals surface area contributed by atoms with Crippen LogP contribution in [-0.4, -0.2) is 23.3 Å². The number of carbonyl (C=O) groups excluding carboxylic acids is 1. The molecule has 0 saturated carbocycles. The summed E-state index contributed by atoms with van der Waals surface area (Å²) < 4.78 is 0. The van der Waals surface area contributed by atoms with Crippen molar-refractivity contribution in [2.75, 3.05) is 11.6 Å². The summed E-state index contributed by atoms with van der Waals surface area (Å²) in [6.45, 7) is 1.83. The standard InChI is InChI=1S/C12H14N2O2/c1-9-11(7-8-15)12(16)14(13-9)10-5-3-2-4-6-10/h2-6,11,15H,7-8H2,1H3/t11-/m0/s1. The Kier molecular flexibility index (Phi) is 3.01. The van der Waals surface area contributed by atoms with E-state index in [1.54, 1.807) is 0 Å². The van der Waals surface area contributed by atoms with Crippen molar-refractivity contribution in [3.05, 3.63) is 30.3 Å². The normalized spacial score (nSPS) is 20.1. The maximum Gasteiger partial charge on any atom is 0.256 e. The largest absolute Gasteiger partial charge is 0.396 e. The molecule has 0 fully saturated rings. The van der Waals surface area contributed by atoms with E-state index in [1.165, 1.54) is 5.01 Å². The highest BCUT2D eigenvalue weighted by atomic mass is 16.3. The van der Waals surface area contributed by atoms with Crippen molar-refractivity contribution in [2.45, 2.75) is 13.3 Å². The van der Waals surface area contributed by atoms with Crippen molar-refractivity contribution in [3.63, 3.8) is 0 Å². The van der Waals surface area contributed by atoms with Crippen LogP contribution in [-0.2, 0) is 4.79 Å². The van der Waals surface area contributed by atoms with Crippen molar-refractivity contribution >= 4 is 17.3 Å². The third-order valence-corrected chi connectivity index (χ3v) is 2.69. The number of aliphatic hydroxyl groups is 1. The van der Waals surface area contributed by atoms with Gasteiger partial charge in [0.15, 0.2) is 0 Å². The van der Waals surface area contributed by atoms with Crippen LogP contribution in [0.2, 0.25) is 0 Å². The van der Waals surface area contributed by atoms with Gasteiger partial charge in [-0.3, -0.25) is 4.79 Å². The predicted molar refractivity (Wildman–Crippen MR) is 62.2 cm³/mol. The van der Waals surface area contributed by atoms with Crippen LogP contribution >= 0.6 is 0 Å². The van der Waals surface area contributed by atoms with E-state index < -0.39 is 0 Å². The first-order chi connectivity index (χ1) is 7.74. The van der Waals surface area contributed by atoms with Crippen LogP contribution in [0.25, 0.3) is 0 Å². The Morgan fingerprint density at radius 3 is 2.69 bits per heavy atom. The first-order valence-corrected chi connectivity index (χ1v) is 5.29. The lowest BCUT2D eigenvalue weighted by molar-refractivity contribution is -0.120. The highest BCUT2D eigenvalue weighted by Crippen LogP contribution is 2.24. The zero-order chi connectivity index (χ0) is 11.5. The minimum atomic E-state index is -0.273. The highest BCUT2D eigenvalue weighted by Gasteiger charge is 2.33. The topological polar surface area (TPSA) is 52.9 Å². The van der Waals surface area contributed by atoms with Gasteiger partial charge in [0.1, 0.15) is 0 Å². The quantitative estimate of drug-likeness (QED) is 0.833. The van der Waals surface area contributed by atoms with Crippen LogP contribution in [0.15, 0.2) is 35.4 Å². The number of hydrogen-bond donors (Lipinski definition) is 1. The monoisotopic (exact) mass is 218 g/mol. The average molecular weight is 218 g/mol. The number of rotatable bonds is 3. The van der Waals surface area contributed by atoms with E-state index in [-0.39, 0.29) is 18.4 Å². The molecule has 0 saturated heterocycles. The first-order valence-electron chi connectivity index (χ1n) is 5.29. The summed E-state index contributed by atoms with van der Waals surface area (Å²) in [7, 11) is 0. The molecule has 84 valence electrons. The molecule has 1 atom stereocenters. The van der Waals surface area contributed by atoms with Crippen molar-refractivity contribution in [1.29, 1.82) is 0 Å². The Bertz CT molecular complexity index is 414. The second kappa shape index (κ2) is 4.45. The molecular weight excluding hydrogens is 204 g/mol. The van der Waals surface area contributed by atoms with Crippen molar-refractivity contribution < 1.29 is 9.90 Å². The first kappa shape index (κ1) is 10.8. The van der Waals surface area contributed by atoms with E-state index in [1.807, 2.05) is 37.3 Å². The smallest absolute Gasteiger partial charge is 0.256 e. The lowest BCUT2D eigenvalue weighted by atomic mass is 10.0. The number of benzene rings is 1. The van der Waals surface area contributed by atoms with E-state index in [9.17, 15) is 4.79 Å². The van der Waals surface area contributed by atoms with Gasteiger partial charge in [-0.25, -0.2) is 5.01 Å². The fourth-order valence-electron chi connectivity index (χ4n) is 1.82. The maximum absolute atomic E-state index is 12.0. The fourth-order valence-corrected chi connectivity index (χ4v) is 1.82. The molecule has 0 spiro atoms. The zero-order valence-electron chi connectivity index (χ0n) is 9.13. The molecule has 1 N–H and O–H groups in total. The summed E-state index contributed by atoms with van der Waals surface area (Å²) in [5.74, 6) is -0.331. The minimum absolute atomic E-state index is 0.00585. The lowest BCUT2D eigenvalue weighted by Crippen LogP contribution is -2.27.